The molecule has 0 amide bonds. The maximum atomic E-state index is 13.5. The lowest BCUT2D eigenvalue weighted by Gasteiger charge is -2.12. The van der Waals surface area contributed by atoms with Crippen LogP contribution in [0.2, 0.25) is 0 Å². The van der Waals surface area contributed by atoms with E-state index >= 15 is 0 Å². The molecule has 0 atom stereocenters. The van der Waals surface area contributed by atoms with Crippen LogP contribution in [0, 0.1) is 12.7 Å². The summed E-state index contributed by atoms with van der Waals surface area (Å²) >= 11 is 0. The second kappa shape index (κ2) is 7.49. The summed E-state index contributed by atoms with van der Waals surface area (Å²) in [5.41, 5.74) is 7.87. The van der Waals surface area contributed by atoms with Crippen LogP contribution >= 0.6 is 0 Å². The number of ether oxygens (including phenoxy) is 2. The first-order chi connectivity index (χ1) is 11.0. The molecular weight excluding hydrogens is 297 g/mol. The van der Waals surface area contributed by atoms with E-state index in [2.05, 4.69) is 10.3 Å². The number of nitrogens with two attached hydrogens (primary N) is 1. The van der Waals surface area contributed by atoms with Gasteiger partial charge < -0.3 is 20.5 Å². The zero-order valence-electron chi connectivity index (χ0n) is 13.4. The number of benzene rings is 2. The van der Waals surface area contributed by atoms with Crippen LogP contribution in [0.3, 0.4) is 0 Å². The van der Waals surface area contributed by atoms with Gasteiger partial charge in [0.05, 0.1) is 26.5 Å². The number of nitrogens with zero attached hydrogens (tertiary/aromatic N) is 1. The zero-order chi connectivity index (χ0) is 16.8. The van der Waals surface area contributed by atoms with Crippen molar-refractivity contribution in [2.24, 2.45) is 10.7 Å². The molecule has 0 aliphatic carbocycles. The van der Waals surface area contributed by atoms with Gasteiger partial charge in [0.15, 0.2) is 5.96 Å². The molecule has 0 saturated carbocycles. The van der Waals surface area contributed by atoms with Crippen molar-refractivity contribution in [3.8, 4) is 11.5 Å². The van der Waals surface area contributed by atoms with Crippen LogP contribution in [0.5, 0.6) is 11.5 Å². The van der Waals surface area contributed by atoms with E-state index in [1.165, 1.54) is 6.07 Å². The van der Waals surface area contributed by atoms with Gasteiger partial charge in [-0.2, -0.15) is 0 Å². The van der Waals surface area contributed by atoms with E-state index < -0.39 is 0 Å². The Kier molecular flexibility index (Phi) is 5.41. The van der Waals surface area contributed by atoms with Crippen molar-refractivity contribution in [2.45, 2.75) is 13.5 Å². The van der Waals surface area contributed by atoms with Crippen molar-refractivity contribution >= 4 is 11.6 Å². The molecule has 0 fully saturated rings. The molecule has 0 aliphatic heterocycles. The Morgan fingerprint density at radius 3 is 2.61 bits per heavy atom. The summed E-state index contributed by atoms with van der Waals surface area (Å²) < 4.78 is 23.9. The predicted molar refractivity (Wildman–Crippen MR) is 89.6 cm³/mol. The summed E-state index contributed by atoms with van der Waals surface area (Å²) in [5.74, 6) is 1.24. The number of halogens is 1. The molecule has 23 heavy (non-hydrogen) atoms. The lowest BCUT2D eigenvalue weighted by Crippen LogP contribution is -2.23. The van der Waals surface area contributed by atoms with Gasteiger partial charge in [0.2, 0.25) is 0 Å². The zero-order valence-corrected chi connectivity index (χ0v) is 13.4. The standard InChI is InChI=1S/C17H20FN3O2/c1-11-4-5-12(8-14(11)18)10-20-17(19)21-15-9-13(22-2)6-7-16(15)23-3/h4-9H,10H2,1-3H3,(H3,19,20,21). The molecular formula is C17H20FN3O2. The van der Waals surface area contributed by atoms with E-state index in [9.17, 15) is 4.39 Å². The van der Waals surface area contributed by atoms with Gasteiger partial charge in [0, 0.05) is 6.07 Å². The highest BCUT2D eigenvalue weighted by Gasteiger charge is 2.06. The molecule has 0 heterocycles. The van der Waals surface area contributed by atoms with Crippen LogP contribution in [0.15, 0.2) is 41.4 Å². The van der Waals surface area contributed by atoms with E-state index in [4.69, 9.17) is 15.2 Å². The van der Waals surface area contributed by atoms with E-state index in [0.29, 0.717) is 22.7 Å². The third kappa shape index (κ3) is 4.35. The second-order valence-electron chi connectivity index (χ2n) is 4.98. The molecule has 5 nitrogen and oxygen atoms in total. The normalized spacial score (nSPS) is 11.2. The van der Waals surface area contributed by atoms with Crippen LogP contribution < -0.4 is 20.5 Å². The highest BCUT2D eigenvalue weighted by molar-refractivity contribution is 5.94. The van der Waals surface area contributed by atoms with Gasteiger partial charge in [0.25, 0.3) is 0 Å². The first-order valence-corrected chi connectivity index (χ1v) is 7.07. The maximum Gasteiger partial charge on any atom is 0.193 e. The largest absolute Gasteiger partial charge is 0.497 e. The number of methoxy groups -OCH3 is 2. The first kappa shape index (κ1) is 16.6. The van der Waals surface area contributed by atoms with Crippen LogP contribution in [0.25, 0.3) is 0 Å². The number of aryl methyl sites for hydroxylation is 1. The van der Waals surface area contributed by atoms with Gasteiger partial charge in [-0.15, -0.1) is 0 Å². The molecule has 122 valence electrons. The Morgan fingerprint density at radius 2 is 1.96 bits per heavy atom. The first-order valence-electron chi connectivity index (χ1n) is 7.07. The smallest absolute Gasteiger partial charge is 0.193 e. The van der Waals surface area contributed by atoms with Crippen molar-refractivity contribution in [2.75, 3.05) is 19.5 Å². The van der Waals surface area contributed by atoms with Gasteiger partial charge in [-0.3, -0.25) is 0 Å². The lowest BCUT2D eigenvalue weighted by atomic mass is 10.1. The van der Waals surface area contributed by atoms with Crippen LogP contribution in [0.1, 0.15) is 11.1 Å². The van der Waals surface area contributed by atoms with Gasteiger partial charge in [-0.1, -0.05) is 12.1 Å². The fourth-order valence-electron chi connectivity index (χ4n) is 2.00. The molecule has 3 N–H and O–H groups in total. The van der Waals surface area contributed by atoms with Gasteiger partial charge in [-0.05, 0) is 36.2 Å². The quantitative estimate of drug-likeness (QED) is 0.657. The maximum absolute atomic E-state index is 13.5. The van der Waals surface area contributed by atoms with Gasteiger partial charge >= 0.3 is 0 Å². The Morgan fingerprint density at radius 1 is 1.17 bits per heavy atom. The molecule has 0 spiro atoms. The second-order valence-corrected chi connectivity index (χ2v) is 4.98. The molecule has 2 rings (SSSR count). The highest BCUT2D eigenvalue weighted by Crippen LogP contribution is 2.28. The molecule has 2 aromatic rings. The average Bonchev–Trinajstić information content (AvgIpc) is 2.55. The minimum Gasteiger partial charge on any atom is -0.497 e. The van der Waals surface area contributed by atoms with Gasteiger partial charge in [-0.25, -0.2) is 9.38 Å². The molecule has 0 aromatic heterocycles. The summed E-state index contributed by atoms with van der Waals surface area (Å²) in [4.78, 5) is 4.21. The molecule has 2 aromatic carbocycles. The predicted octanol–water partition coefficient (Wildman–Crippen LogP) is 3.08. The fraction of sp³-hybridized carbons (Fsp3) is 0.235. The number of guanidine groups is 1. The fourth-order valence-corrected chi connectivity index (χ4v) is 2.00. The van der Waals surface area contributed by atoms with E-state index in [-0.39, 0.29) is 18.3 Å². The number of aliphatic imine (C=N–C) groups is 1. The molecule has 0 aliphatic rings. The summed E-state index contributed by atoms with van der Waals surface area (Å²) in [5, 5.41) is 2.96. The molecule has 0 unspecified atom stereocenters. The van der Waals surface area contributed by atoms with E-state index in [1.807, 2.05) is 6.07 Å². The third-order valence-electron chi connectivity index (χ3n) is 3.34. The van der Waals surface area contributed by atoms with Crippen LogP contribution in [-0.4, -0.2) is 20.2 Å². The SMILES string of the molecule is COc1ccc(OC)c(NC(N)=NCc2ccc(C)c(F)c2)c1. The van der Waals surface area contributed by atoms with Crippen molar-refractivity contribution in [1.29, 1.82) is 0 Å². The number of rotatable bonds is 5. The van der Waals surface area contributed by atoms with Crippen molar-refractivity contribution in [3.05, 3.63) is 53.3 Å². The van der Waals surface area contributed by atoms with Gasteiger partial charge in [0.1, 0.15) is 17.3 Å². The number of hydrogen-bond acceptors (Lipinski definition) is 3. The monoisotopic (exact) mass is 317 g/mol. The topological polar surface area (TPSA) is 68.9 Å². The number of nitrogens with one attached hydrogen (secondary N) is 1. The summed E-state index contributed by atoms with van der Waals surface area (Å²) in [6, 6.07) is 10.3. The minimum absolute atomic E-state index is 0.206. The number of anilines is 1. The average molecular weight is 317 g/mol. The molecule has 0 bridgehead atoms. The van der Waals surface area contributed by atoms with E-state index in [1.54, 1.807) is 45.4 Å². The van der Waals surface area contributed by atoms with Crippen LogP contribution in [-0.2, 0) is 6.54 Å². The van der Waals surface area contributed by atoms with Crippen molar-refractivity contribution < 1.29 is 13.9 Å². The lowest BCUT2D eigenvalue weighted by molar-refractivity contribution is 0.405. The Balaban J connectivity index is 2.11. The molecule has 6 heteroatoms. The Bertz CT molecular complexity index is 717. The number of hydrogen-bond donors (Lipinski definition) is 2. The summed E-state index contributed by atoms with van der Waals surface area (Å²) in [7, 11) is 3.14. The Labute approximate surface area is 134 Å². The molecule has 0 saturated heterocycles. The summed E-state index contributed by atoms with van der Waals surface area (Å²) in [6.07, 6.45) is 0. The Hall–Kier alpha value is -2.76. The summed E-state index contributed by atoms with van der Waals surface area (Å²) in [6.45, 7) is 2.00. The van der Waals surface area contributed by atoms with E-state index in [0.717, 1.165) is 5.56 Å². The third-order valence-corrected chi connectivity index (χ3v) is 3.34. The molecule has 0 radical (unpaired) electrons. The highest BCUT2D eigenvalue weighted by atomic mass is 19.1. The van der Waals surface area contributed by atoms with Crippen molar-refractivity contribution in [1.82, 2.24) is 0 Å². The van der Waals surface area contributed by atoms with Crippen LogP contribution in [0.4, 0.5) is 10.1 Å². The van der Waals surface area contributed by atoms with Crippen molar-refractivity contribution in [3.63, 3.8) is 0 Å². The minimum atomic E-state index is -0.251.